The molecule has 3 unspecified atom stereocenters. The number of aliphatic hydroxyl groups is 1. The summed E-state index contributed by atoms with van der Waals surface area (Å²) in [7, 11) is 0. The van der Waals surface area contributed by atoms with E-state index in [0.717, 1.165) is 10.5 Å². The molecule has 1 aromatic carbocycles. The van der Waals surface area contributed by atoms with Crippen LogP contribution in [0.3, 0.4) is 0 Å². The predicted octanol–water partition coefficient (Wildman–Crippen LogP) is 3.39. The molecule has 0 bridgehead atoms. The Balaban J connectivity index is 2.00. The third kappa shape index (κ3) is 3.57. The first-order chi connectivity index (χ1) is 9.49. The maximum absolute atomic E-state index is 9.87. The zero-order chi connectivity index (χ0) is 14.7. The van der Waals surface area contributed by atoms with Crippen LogP contribution < -0.4 is 5.32 Å². The van der Waals surface area contributed by atoms with Crippen molar-refractivity contribution in [3.63, 3.8) is 0 Å². The molecule has 0 radical (unpaired) electrons. The standard InChI is InChI=1S/C16H24N2OS/c1-10(2)14(19)9-17-12(4)11(3)16-18-13-7-5-6-8-15(13)20-16/h5-8,10-12,14,17,19H,9H2,1-4H3. The Morgan fingerprint density at radius 2 is 1.90 bits per heavy atom. The summed E-state index contributed by atoms with van der Waals surface area (Å²) >= 11 is 1.76. The quantitative estimate of drug-likeness (QED) is 0.858. The number of fused-ring (bicyclic) bond motifs is 1. The molecule has 0 aliphatic heterocycles. The van der Waals surface area contributed by atoms with E-state index < -0.39 is 0 Å². The second-order valence-electron chi connectivity index (χ2n) is 5.82. The second-order valence-corrected chi connectivity index (χ2v) is 6.88. The van der Waals surface area contributed by atoms with Crippen LogP contribution in [0.15, 0.2) is 24.3 Å². The lowest BCUT2D eigenvalue weighted by molar-refractivity contribution is 0.119. The number of rotatable bonds is 6. The van der Waals surface area contributed by atoms with E-state index >= 15 is 0 Å². The molecule has 2 N–H and O–H groups in total. The number of hydrogen-bond donors (Lipinski definition) is 2. The van der Waals surface area contributed by atoms with Crippen molar-refractivity contribution in [2.75, 3.05) is 6.54 Å². The number of nitrogens with one attached hydrogen (secondary N) is 1. The number of hydrogen-bond acceptors (Lipinski definition) is 4. The average molecular weight is 292 g/mol. The van der Waals surface area contributed by atoms with E-state index in [1.54, 1.807) is 11.3 Å². The van der Waals surface area contributed by atoms with Crippen molar-refractivity contribution in [1.82, 2.24) is 10.3 Å². The molecule has 0 aliphatic carbocycles. The van der Waals surface area contributed by atoms with Crippen molar-refractivity contribution in [2.45, 2.75) is 45.8 Å². The molecule has 0 fully saturated rings. The number of thiazole rings is 1. The van der Waals surface area contributed by atoms with Crippen molar-refractivity contribution in [1.29, 1.82) is 0 Å². The lowest BCUT2D eigenvalue weighted by atomic mass is 10.0. The Kier molecular flexibility index (Phi) is 5.13. The number of aromatic nitrogens is 1. The molecule has 1 aromatic heterocycles. The molecule has 20 heavy (non-hydrogen) atoms. The van der Waals surface area contributed by atoms with Crippen LogP contribution in [0.5, 0.6) is 0 Å². The maximum Gasteiger partial charge on any atom is 0.0982 e. The van der Waals surface area contributed by atoms with Gasteiger partial charge in [-0.25, -0.2) is 4.98 Å². The molecular weight excluding hydrogens is 268 g/mol. The van der Waals surface area contributed by atoms with Gasteiger partial charge < -0.3 is 10.4 Å². The third-order valence-electron chi connectivity index (χ3n) is 3.87. The Morgan fingerprint density at radius 3 is 2.55 bits per heavy atom. The Bertz CT molecular complexity index is 519. The van der Waals surface area contributed by atoms with E-state index in [1.807, 2.05) is 19.9 Å². The van der Waals surface area contributed by atoms with Crippen LogP contribution in [0.1, 0.15) is 38.6 Å². The highest BCUT2D eigenvalue weighted by atomic mass is 32.1. The van der Waals surface area contributed by atoms with E-state index in [1.165, 1.54) is 4.70 Å². The molecule has 3 atom stereocenters. The summed E-state index contributed by atoms with van der Waals surface area (Å²) in [6, 6.07) is 8.54. The minimum Gasteiger partial charge on any atom is -0.392 e. The first-order valence-electron chi connectivity index (χ1n) is 7.26. The van der Waals surface area contributed by atoms with E-state index in [0.29, 0.717) is 18.5 Å². The second kappa shape index (κ2) is 6.66. The first-order valence-corrected chi connectivity index (χ1v) is 8.07. The lowest BCUT2D eigenvalue weighted by Gasteiger charge is -2.22. The highest BCUT2D eigenvalue weighted by molar-refractivity contribution is 7.18. The van der Waals surface area contributed by atoms with Crippen molar-refractivity contribution in [3.8, 4) is 0 Å². The molecule has 4 heteroatoms. The molecule has 0 saturated heterocycles. The zero-order valence-corrected chi connectivity index (χ0v) is 13.4. The number of aliphatic hydroxyl groups excluding tert-OH is 1. The van der Waals surface area contributed by atoms with Gasteiger partial charge in [0.05, 0.1) is 21.3 Å². The summed E-state index contributed by atoms with van der Waals surface area (Å²) in [5.41, 5.74) is 1.08. The molecule has 110 valence electrons. The summed E-state index contributed by atoms with van der Waals surface area (Å²) in [6.45, 7) is 9.05. The van der Waals surface area contributed by atoms with Crippen molar-refractivity contribution in [3.05, 3.63) is 29.3 Å². The number of benzene rings is 1. The van der Waals surface area contributed by atoms with Crippen molar-refractivity contribution >= 4 is 21.6 Å². The Hall–Kier alpha value is -0.970. The van der Waals surface area contributed by atoms with Crippen LogP contribution in [-0.2, 0) is 0 Å². The molecule has 0 spiro atoms. The summed E-state index contributed by atoms with van der Waals surface area (Å²) in [5, 5.41) is 14.4. The van der Waals surface area contributed by atoms with Gasteiger partial charge in [0.25, 0.3) is 0 Å². The van der Waals surface area contributed by atoms with Crippen molar-refractivity contribution in [2.24, 2.45) is 5.92 Å². The van der Waals surface area contributed by atoms with Crippen LogP contribution in [-0.4, -0.2) is 28.8 Å². The molecule has 2 aromatic rings. The van der Waals surface area contributed by atoms with Gasteiger partial charge in [-0.05, 0) is 25.0 Å². The highest BCUT2D eigenvalue weighted by Gasteiger charge is 2.19. The molecular formula is C16H24N2OS. The lowest BCUT2D eigenvalue weighted by Crippen LogP contribution is -2.38. The van der Waals surface area contributed by atoms with Gasteiger partial charge in [0.15, 0.2) is 0 Å². The van der Waals surface area contributed by atoms with Gasteiger partial charge >= 0.3 is 0 Å². The van der Waals surface area contributed by atoms with Crippen molar-refractivity contribution < 1.29 is 5.11 Å². The van der Waals surface area contributed by atoms with Gasteiger partial charge in [-0.2, -0.15) is 0 Å². The van der Waals surface area contributed by atoms with E-state index in [4.69, 9.17) is 4.98 Å². The SMILES string of the molecule is CC(C)C(O)CNC(C)C(C)c1nc2ccccc2s1. The van der Waals surface area contributed by atoms with Gasteiger partial charge in [-0.15, -0.1) is 11.3 Å². The third-order valence-corrected chi connectivity index (χ3v) is 5.11. The average Bonchev–Trinajstić information content (AvgIpc) is 2.87. The number of para-hydroxylation sites is 1. The summed E-state index contributed by atoms with van der Waals surface area (Å²) < 4.78 is 1.24. The molecule has 1 heterocycles. The molecule has 0 saturated carbocycles. The molecule has 3 nitrogen and oxygen atoms in total. The minimum atomic E-state index is -0.292. The molecule has 0 amide bonds. The molecule has 2 rings (SSSR count). The molecule has 0 aliphatic rings. The van der Waals surface area contributed by atoms with Crippen LogP contribution >= 0.6 is 11.3 Å². The summed E-state index contributed by atoms with van der Waals surface area (Å²) in [4.78, 5) is 4.71. The smallest absolute Gasteiger partial charge is 0.0982 e. The van der Waals surface area contributed by atoms with E-state index in [2.05, 4.69) is 37.4 Å². The zero-order valence-electron chi connectivity index (χ0n) is 12.6. The fourth-order valence-electron chi connectivity index (χ4n) is 2.02. The fourth-order valence-corrected chi connectivity index (χ4v) is 3.14. The predicted molar refractivity (Wildman–Crippen MR) is 86.3 cm³/mol. The minimum absolute atomic E-state index is 0.285. The first kappa shape index (κ1) is 15.4. The van der Waals surface area contributed by atoms with Gasteiger partial charge in [-0.1, -0.05) is 32.9 Å². The van der Waals surface area contributed by atoms with Gasteiger partial charge in [0, 0.05) is 18.5 Å². The van der Waals surface area contributed by atoms with Crippen LogP contribution in [0.25, 0.3) is 10.2 Å². The number of nitrogens with zero attached hydrogens (tertiary/aromatic N) is 1. The monoisotopic (exact) mass is 292 g/mol. The van der Waals surface area contributed by atoms with Gasteiger partial charge in [-0.3, -0.25) is 0 Å². The van der Waals surface area contributed by atoms with Crippen LogP contribution in [0.2, 0.25) is 0 Å². The van der Waals surface area contributed by atoms with Crippen LogP contribution in [0.4, 0.5) is 0 Å². The summed E-state index contributed by atoms with van der Waals surface area (Å²) in [6.07, 6.45) is -0.292. The summed E-state index contributed by atoms with van der Waals surface area (Å²) in [5.74, 6) is 0.624. The van der Waals surface area contributed by atoms with E-state index in [-0.39, 0.29) is 12.0 Å². The Labute approximate surface area is 125 Å². The largest absolute Gasteiger partial charge is 0.392 e. The topological polar surface area (TPSA) is 45.1 Å². The van der Waals surface area contributed by atoms with Gasteiger partial charge in [0.2, 0.25) is 0 Å². The highest BCUT2D eigenvalue weighted by Crippen LogP contribution is 2.29. The maximum atomic E-state index is 9.87. The Morgan fingerprint density at radius 1 is 1.20 bits per heavy atom. The fraction of sp³-hybridized carbons (Fsp3) is 0.562. The van der Waals surface area contributed by atoms with E-state index in [9.17, 15) is 5.11 Å². The van der Waals surface area contributed by atoms with Crippen LogP contribution in [0, 0.1) is 5.92 Å². The van der Waals surface area contributed by atoms with Gasteiger partial charge in [0.1, 0.15) is 0 Å². The normalized spacial score (nSPS) is 16.5.